The number of aryl methyl sites for hydroxylation is 1. The first kappa shape index (κ1) is 20.2. The highest BCUT2D eigenvalue weighted by molar-refractivity contribution is 7.90. The average Bonchev–Trinajstić information content (AvgIpc) is 3.10. The molecular formula is C21H23ClN2O4S. The van der Waals surface area contributed by atoms with E-state index in [2.05, 4.69) is 4.90 Å². The van der Waals surface area contributed by atoms with Crippen molar-refractivity contribution in [2.24, 2.45) is 0 Å². The molecule has 0 bridgehead atoms. The third-order valence-electron chi connectivity index (χ3n) is 5.47. The number of sulfone groups is 1. The number of carbonyl (C=O) groups is 1. The number of fused-ring (bicyclic) bond motifs is 1. The molecule has 1 fully saturated rings. The fourth-order valence-electron chi connectivity index (χ4n) is 3.86. The van der Waals surface area contributed by atoms with Crippen LogP contribution in [0.15, 0.2) is 35.2 Å². The summed E-state index contributed by atoms with van der Waals surface area (Å²) in [7, 11) is -3.43. The van der Waals surface area contributed by atoms with Crippen LogP contribution in [-0.2, 0) is 27.7 Å². The lowest BCUT2D eigenvalue weighted by Crippen LogP contribution is -2.38. The van der Waals surface area contributed by atoms with Crippen LogP contribution in [0.25, 0.3) is 0 Å². The first-order valence-electron chi connectivity index (χ1n) is 9.48. The highest BCUT2D eigenvalue weighted by Crippen LogP contribution is 2.32. The van der Waals surface area contributed by atoms with Crippen molar-refractivity contribution in [2.75, 3.05) is 37.5 Å². The Morgan fingerprint density at radius 1 is 1.07 bits per heavy atom. The van der Waals surface area contributed by atoms with E-state index in [1.807, 2.05) is 19.1 Å². The number of amides is 1. The third kappa shape index (κ3) is 3.99. The number of hydrogen-bond acceptors (Lipinski definition) is 5. The maximum absolute atomic E-state index is 13.5. The van der Waals surface area contributed by atoms with Crippen molar-refractivity contribution in [3.63, 3.8) is 0 Å². The molecule has 2 aliphatic rings. The van der Waals surface area contributed by atoms with E-state index >= 15 is 0 Å². The van der Waals surface area contributed by atoms with Crippen LogP contribution in [0.1, 0.15) is 27.0 Å². The lowest BCUT2D eigenvalue weighted by atomic mass is 10.1. The number of benzene rings is 2. The second-order valence-electron chi connectivity index (χ2n) is 7.58. The summed E-state index contributed by atoms with van der Waals surface area (Å²) >= 11 is 6.25. The summed E-state index contributed by atoms with van der Waals surface area (Å²) in [6.07, 6.45) is 1.15. The molecule has 1 saturated heterocycles. The molecule has 2 heterocycles. The Morgan fingerprint density at radius 3 is 2.38 bits per heavy atom. The summed E-state index contributed by atoms with van der Waals surface area (Å²) in [5.74, 6) is -0.179. The summed E-state index contributed by atoms with van der Waals surface area (Å²) in [6.45, 7) is 5.36. The SMILES string of the molecule is Cc1cc2c(cc1Cl)CN(C(=O)c1cc(S(C)(=O)=O)ccc1N1CCOCC1)C2. The van der Waals surface area contributed by atoms with Gasteiger partial charge in [0.15, 0.2) is 9.84 Å². The van der Waals surface area contributed by atoms with Crippen molar-refractivity contribution in [2.45, 2.75) is 24.9 Å². The molecule has 0 saturated carbocycles. The van der Waals surface area contributed by atoms with E-state index in [-0.39, 0.29) is 10.8 Å². The van der Waals surface area contributed by atoms with E-state index in [4.69, 9.17) is 16.3 Å². The minimum Gasteiger partial charge on any atom is -0.378 e. The number of morpholine rings is 1. The minimum absolute atomic E-state index is 0.147. The van der Waals surface area contributed by atoms with Crippen LogP contribution in [0, 0.1) is 6.92 Å². The fourth-order valence-corrected chi connectivity index (χ4v) is 4.69. The summed E-state index contributed by atoms with van der Waals surface area (Å²) in [4.78, 5) is 17.4. The topological polar surface area (TPSA) is 66.9 Å². The molecule has 0 radical (unpaired) electrons. The van der Waals surface area contributed by atoms with E-state index in [0.717, 1.165) is 28.6 Å². The van der Waals surface area contributed by atoms with E-state index in [0.29, 0.717) is 50.0 Å². The predicted molar refractivity (Wildman–Crippen MR) is 112 cm³/mol. The van der Waals surface area contributed by atoms with E-state index in [1.54, 1.807) is 17.0 Å². The molecule has 0 atom stereocenters. The maximum atomic E-state index is 13.5. The van der Waals surface area contributed by atoms with Crippen molar-refractivity contribution < 1.29 is 17.9 Å². The maximum Gasteiger partial charge on any atom is 0.256 e. The fraction of sp³-hybridized carbons (Fsp3) is 0.381. The normalized spacial score (nSPS) is 16.8. The number of ether oxygens (including phenoxy) is 1. The molecule has 0 aromatic heterocycles. The van der Waals surface area contributed by atoms with Crippen LogP contribution in [0.5, 0.6) is 0 Å². The number of carbonyl (C=O) groups excluding carboxylic acids is 1. The van der Waals surface area contributed by atoms with Gasteiger partial charge in [-0.05, 0) is 47.9 Å². The van der Waals surface area contributed by atoms with Crippen molar-refractivity contribution in [3.8, 4) is 0 Å². The van der Waals surface area contributed by atoms with Crippen LogP contribution < -0.4 is 4.90 Å². The molecule has 0 N–H and O–H groups in total. The molecule has 6 nitrogen and oxygen atoms in total. The van der Waals surface area contributed by atoms with Gasteiger partial charge in [-0.2, -0.15) is 0 Å². The van der Waals surface area contributed by atoms with Gasteiger partial charge in [0.2, 0.25) is 0 Å². The predicted octanol–water partition coefficient (Wildman–Crippen LogP) is 3.04. The minimum atomic E-state index is -3.43. The molecule has 0 aliphatic carbocycles. The number of hydrogen-bond donors (Lipinski definition) is 0. The zero-order valence-electron chi connectivity index (χ0n) is 16.4. The van der Waals surface area contributed by atoms with Gasteiger partial charge < -0.3 is 14.5 Å². The van der Waals surface area contributed by atoms with Gasteiger partial charge in [0.25, 0.3) is 5.91 Å². The molecule has 2 aromatic carbocycles. The Bertz CT molecular complexity index is 1050. The first-order chi connectivity index (χ1) is 13.7. The quantitative estimate of drug-likeness (QED) is 0.742. The van der Waals surface area contributed by atoms with Gasteiger partial charge in [0.05, 0.1) is 23.7 Å². The zero-order chi connectivity index (χ0) is 20.8. The lowest BCUT2D eigenvalue weighted by Gasteiger charge is -2.31. The van der Waals surface area contributed by atoms with Gasteiger partial charge in [0.1, 0.15) is 0 Å². The molecule has 29 heavy (non-hydrogen) atoms. The molecule has 2 aromatic rings. The summed E-state index contributed by atoms with van der Waals surface area (Å²) < 4.78 is 29.6. The molecule has 4 rings (SSSR count). The smallest absolute Gasteiger partial charge is 0.256 e. The van der Waals surface area contributed by atoms with Gasteiger partial charge in [-0.1, -0.05) is 17.7 Å². The molecule has 0 spiro atoms. The Hall–Kier alpha value is -2.09. The number of anilines is 1. The van der Waals surface area contributed by atoms with E-state index in [1.165, 1.54) is 6.07 Å². The van der Waals surface area contributed by atoms with E-state index < -0.39 is 9.84 Å². The summed E-state index contributed by atoms with van der Waals surface area (Å²) in [6, 6.07) is 8.73. The Labute approximate surface area is 175 Å². The second kappa shape index (κ2) is 7.63. The summed E-state index contributed by atoms with van der Waals surface area (Å²) in [5.41, 5.74) is 4.24. The largest absolute Gasteiger partial charge is 0.378 e. The van der Waals surface area contributed by atoms with Gasteiger partial charge >= 0.3 is 0 Å². The molecule has 2 aliphatic heterocycles. The highest BCUT2D eigenvalue weighted by Gasteiger charge is 2.29. The Kier molecular flexibility index (Phi) is 5.31. The monoisotopic (exact) mass is 434 g/mol. The third-order valence-corrected chi connectivity index (χ3v) is 6.99. The lowest BCUT2D eigenvalue weighted by molar-refractivity contribution is 0.0750. The number of nitrogens with zero attached hydrogens (tertiary/aromatic N) is 2. The molecule has 154 valence electrons. The first-order valence-corrected chi connectivity index (χ1v) is 11.7. The van der Waals surface area contributed by atoms with E-state index in [9.17, 15) is 13.2 Å². The van der Waals surface area contributed by atoms with Crippen LogP contribution >= 0.6 is 11.6 Å². The van der Waals surface area contributed by atoms with Crippen molar-refractivity contribution in [1.82, 2.24) is 4.90 Å². The second-order valence-corrected chi connectivity index (χ2v) is 10.0. The van der Waals surface area contributed by atoms with Crippen molar-refractivity contribution in [3.05, 3.63) is 57.6 Å². The van der Waals surface area contributed by atoms with Crippen molar-refractivity contribution >= 4 is 33.0 Å². The zero-order valence-corrected chi connectivity index (χ0v) is 18.0. The molecule has 1 amide bonds. The van der Waals surface area contributed by atoms with Gasteiger partial charge in [-0.25, -0.2) is 8.42 Å². The molecular weight excluding hydrogens is 412 g/mol. The number of rotatable bonds is 3. The Morgan fingerprint density at radius 2 is 1.72 bits per heavy atom. The van der Waals surface area contributed by atoms with Gasteiger partial charge in [-0.3, -0.25) is 4.79 Å². The molecule has 8 heteroatoms. The van der Waals surface area contributed by atoms with Gasteiger partial charge in [-0.15, -0.1) is 0 Å². The van der Waals surface area contributed by atoms with Crippen LogP contribution in [-0.4, -0.2) is 51.8 Å². The highest BCUT2D eigenvalue weighted by atomic mass is 35.5. The van der Waals surface area contributed by atoms with Crippen LogP contribution in [0.3, 0.4) is 0 Å². The molecule has 0 unspecified atom stereocenters. The summed E-state index contributed by atoms with van der Waals surface area (Å²) in [5, 5.41) is 0.686. The standard InChI is InChI=1S/C21H23ClN2O4S/c1-14-9-15-12-24(13-16(15)10-19(14)22)21(25)18-11-17(29(2,26)27)3-4-20(18)23-5-7-28-8-6-23/h3-4,9-11H,5-8,12-13H2,1-2H3. The van der Waals surface area contributed by atoms with Crippen LogP contribution in [0.2, 0.25) is 5.02 Å². The van der Waals surface area contributed by atoms with Gasteiger partial charge in [0, 0.05) is 43.1 Å². The van der Waals surface area contributed by atoms with Crippen molar-refractivity contribution in [1.29, 1.82) is 0 Å². The Balaban J connectivity index is 1.71. The average molecular weight is 435 g/mol. The number of halogens is 1. The van der Waals surface area contributed by atoms with Crippen LogP contribution in [0.4, 0.5) is 5.69 Å².